The third kappa shape index (κ3) is 3.44. The predicted molar refractivity (Wildman–Crippen MR) is 104 cm³/mol. The highest BCUT2D eigenvalue weighted by molar-refractivity contribution is 7.14. The first-order valence-corrected chi connectivity index (χ1v) is 8.99. The first-order valence-electron chi connectivity index (χ1n) is 8.11. The van der Waals surface area contributed by atoms with E-state index in [1.54, 1.807) is 0 Å². The summed E-state index contributed by atoms with van der Waals surface area (Å²) in [6, 6.07) is 9.88. The van der Waals surface area contributed by atoms with Crippen molar-refractivity contribution in [3.8, 4) is 11.3 Å². The van der Waals surface area contributed by atoms with Crippen LogP contribution in [0.15, 0.2) is 35.7 Å². The van der Waals surface area contributed by atoms with E-state index in [9.17, 15) is 4.79 Å². The van der Waals surface area contributed by atoms with E-state index in [-0.39, 0.29) is 24.4 Å². The topological polar surface area (TPSA) is 77.2 Å². The molecule has 5 nitrogen and oxygen atoms in total. The van der Waals surface area contributed by atoms with Crippen LogP contribution >= 0.6 is 23.7 Å². The second kappa shape index (κ2) is 7.41. The summed E-state index contributed by atoms with van der Waals surface area (Å²) in [5.74, 6) is -0.197. The van der Waals surface area contributed by atoms with Crippen LogP contribution in [0, 0.1) is 5.41 Å². The molecule has 3 N–H and O–H groups in total. The minimum absolute atomic E-state index is 0. The van der Waals surface area contributed by atoms with Crippen LogP contribution in [0.3, 0.4) is 0 Å². The summed E-state index contributed by atoms with van der Waals surface area (Å²) in [6.45, 7) is 6.54. The van der Waals surface area contributed by atoms with Gasteiger partial charge in [-0.15, -0.1) is 23.7 Å². The molecule has 0 saturated heterocycles. The van der Waals surface area contributed by atoms with Gasteiger partial charge in [-0.3, -0.25) is 4.79 Å². The Labute approximate surface area is 158 Å². The van der Waals surface area contributed by atoms with Crippen LogP contribution in [0.2, 0.25) is 0 Å². The van der Waals surface area contributed by atoms with Crippen LogP contribution in [-0.2, 0) is 9.53 Å². The lowest BCUT2D eigenvalue weighted by atomic mass is 9.54. The van der Waals surface area contributed by atoms with Crippen molar-refractivity contribution in [2.24, 2.45) is 11.1 Å². The zero-order valence-electron chi connectivity index (χ0n) is 14.6. The maximum atomic E-state index is 12.7. The van der Waals surface area contributed by atoms with E-state index in [0.29, 0.717) is 18.2 Å². The van der Waals surface area contributed by atoms with Gasteiger partial charge in [-0.25, -0.2) is 4.98 Å². The number of thiazole rings is 1. The van der Waals surface area contributed by atoms with E-state index in [4.69, 9.17) is 10.5 Å². The van der Waals surface area contributed by atoms with Crippen molar-refractivity contribution in [1.29, 1.82) is 0 Å². The fraction of sp³-hybridized carbons (Fsp3) is 0.444. The smallest absolute Gasteiger partial charge is 0.246 e. The monoisotopic (exact) mass is 381 g/mol. The van der Waals surface area contributed by atoms with Crippen molar-refractivity contribution in [2.75, 3.05) is 11.9 Å². The number of amides is 1. The third-order valence-electron chi connectivity index (χ3n) is 5.03. The van der Waals surface area contributed by atoms with E-state index < -0.39 is 11.0 Å². The minimum Gasteiger partial charge on any atom is -0.378 e. The number of ether oxygens (including phenoxy) is 1. The zero-order chi connectivity index (χ0) is 17.4. The second-order valence-corrected chi connectivity index (χ2v) is 7.56. The number of carbonyl (C=O) groups excluding carboxylic acids is 1. The van der Waals surface area contributed by atoms with Crippen molar-refractivity contribution in [3.63, 3.8) is 0 Å². The number of nitrogens with two attached hydrogens (primary N) is 1. The van der Waals surface area contributed by atoms with Crippen LogP contribution < -0.4 is 11.1 Å². The Morgan fingerprint density at radius 2 is 2.08 bits per heavy atom. The van der Waals surface area contributed by atoms with E-state index in [1.165, 1.54) is 11.3 Å². The van der Waals surface area contributed by atoms with Gasteiger partial charge in [0.1, 0.15) is 5.54 Å². The quantitative estimate of drug-likeness (QED) is 0.827. The van der Waals surface area contributed by atoms with Crippen LogP contribution in [0.4, 0.5) is 5.13 Å². The number of hydrogen-bond donors (Lipinski definition) is 2. The molecule has 2 unspecified atom stereocenters. The molecule has 1 saturated carbocycles. The Kier molecular flexibility index (Phi) is 5.89. The van der Waals surface area contributed by atoms with Gasteiger partial charge in [-0.05, 0) is 6.92 Å². The van der Waals surface area contributed by atoms with Gasteiger partial charge in [0.05, 0.1) is 11.8 Å². The summed E-state index contributed by atoms with van der Waals surface area (Å²) >= 11 is 1.40. The molecule has 25 heavy (non-hydrogen) atoms. The lowest BCUT2D eigenvalue weighted by molar-refractivity contribution is -0.166. The molecular formula is C18H24ClN3O2S. The van der Waals surface area contributed by atoms with Gasteiger partial charge >= 0.3 is 0 Å². The average molecular weight is 382 g/mol. The lowest BCUT2D eigenvalue weighted by Gasteiger charge is -2.57. The summed E-state index contributed by atoms with van der Waals surface area (Å²) < 4.78 is 5.68. The van der Waals surface area contributed by atoms with Crippen molar-refractivity contribution < 1.29 is 9.53 Å². The minimum atomic E-state index is -0.939. The molecule has 2 atom stereocenters. The summed E-state index contributed by atoms with van der Waals surface area (Å²) in [6.07, 6.45) is 0.533. The highest BCUT2D eigenvalue weighted by Gasteiger charge is 2.62. The fourth-order valence-corrected chi connectivity index (χ4v) is 3.82. The molecule has 1 aliphatic rings. The number of carbonyl (C=O) groups is 1. The fourth-order valence-electron chi connectivity index (χ4n) is 3.10. The van der Waals surface area contributed by atoms with Crippen molar-refractivity contribution in [3.05, 3.63) is 35.7 Å². The van der Waals surface area contributed by atoms with Gasteiger partial charge < -0.3 is 15.8 Å². The van der Waals surface area contributed by atoms with Gasteiger partial charge in [0, 0.05) is 29.4 Å². The third-order valence-corrected chi connectivity index (χ3v) is 5.79. The Bertz CT molecular complexity index is 735. The lowest BCUT2D eigenvalue weighted by Crippen LogP contribution is -2.74. The van der Waals surface area contributed by atoms with Gasteiger partial charge in [0.15, 0.2) is 5.13 Å². The largest absolute Gasteiger partial charge is 0.378 e. The molecule has 7 heteroatoms. The van der Waals surface area contributed by atoms with E-state index in [1.807, 2.05) is 56.5 Å². The van der Waals surface area contributed by atoms with Gasteiger partial charge in [0.25, 0.3) is 0 Å². The molecule has 1 aromatic carbocycles. The standard InChI is InChI=1S/C18H23N3O2S.ClH/c1-4-23-14-10-18(19,17(14,2)3)15(22)21-16-20-13(11-24-16)12-8-6-5-7-9-12;/h5-9,11,14H,4,10,19H2,1-3H3,(H,20,21,22);1H. The Hall–Kier alpha value is -1.47. The number of anilines is 1. The van der Waals surface area contributed by atoms with Gasteiger partial charge in [-0.1, -0.05) is 44.2 Å². The van der Waals surface area contributed by atoms with Crippen molar-refractivity contribution in [1.82, 2.24) is 4.98 Å². The van der Waals surface area contributed by atoms with E-state index in [2.05, 4.69) is 10.3 Å². The number of rotatable bonds is 5. The molecular weight excluding hydrogens is 358 g/mol. The number of nitrogens with zero attached hydrogens (tertiary/aromatic N) is 1. The normalized spacial score (nSPS) is 24.1. The Balaban J connectivity index is 0.00000225. The predicted octanol–water partition coefficient (Wildman–Crippen LogP) is 3.70. The molecule has 0 radical (unpaired) electrons. The molecule has 0 bridgehead atoms. The summed E-state index contributed by atoms with van der Waals surface area (Å²) in [7, 11) is 0. The highest BCUT2D eigenvalue weighted by Crippen LogP contribution is 2.50. The average Bonchev–Trinajstić information content (AvgIpc) is 3.03. The molecule has 2 aromatic rings. The summed E-state index contributed by atoms with van der Waals surface area (Å²) in [4.78, 5) is 17.2. The number of nitrogens with one attached hydrogen (secondary N) is 1. The van der Waals surface area contributed by atoms with Crippen molar-refractivity contribution >= 4 is 34.8 Å². The molecule has 1 heterocycles. The first-order chi connectivity index (χ1) is 11.4. The molecule has 3 rings (SSSR count). The van der Waals surface area contributed by atoms with Crippen LogP contribution in [0.5, 0.6) is 0 Å². The maximum Gasteiger partial charge on any atom is 0.246 e. The molecule has 1 amide bonds. The second-order valence-electron chi connectivity index (χ2n) is 6.70. The number of halogens is 1. The van der Waals surface area contributed by atoms with Crippen LogP contribution in [0.25, 0.3) is 11.3 Å². The first kappa shape index (κ1) is 19.8. The van der Waals surface area contributed by atoms with E-state index in [0.717, 1.165) is 11.3 Å². The molecule has 0 aliphatic heterocycles. The SMILES string of the molecule is CCOC1CC(N)(C(=O)Nc2nc(-c3ccccc3)cs2)C1(C)C.Cl. The number of hydrogen-bond acceptors (Lipinski definition) is 5. The Morgan fingerprint density at radius 3 is 2.68 bits per heavy atom. The molecule has 0 spiro atoms. The van der Waals surface area contributed by atoms with Gasteiger partial charge in [-0.2, -0.15) is 0 Å². The molecule has 1 aromatic heterocycles. The summed E-state index contributed by atoms with van der Waals surface area (Å²) in [5.41, 5.74) is 6.92. The highest BCUT2D eigenvalue weighted by atomic mass is 35.5. The number of benzene rings is 1. The Morgan fingerprint density at radius 1 is 1.40 bits per heavy atom. The van der Waals surface area contributed by atoms with Gasteiger partial charge in [0.2, 0.25) is 5.91 Å². The maximum absolute atomic E-state index is 12.7. The van der Waals surface area contributed by atoms with Crippen LogP contribution in [0.1, 0.15) is 27.2 Å². The zero-order valence-corrected chi connectivity index (χ0v) is 16.2. The molecule has 1 aliphatic carbocycles. The van der Waals surface area contributed by atoms with Crippen LogP contribution in [-0.4, -0.2) is 29.1 Å². The number of aromatic nitrogens is 1. The summed E-state index contributed by atoms with van der Waals surface area (Å²) in [5, 5.41) is 5.38. The van der Waals surface area contributed by atoms with E-state index >= 15 is 0 Å². The molecule has 1 fully saturated rings. The molecule has 136 valence electrons. The van der Waals surface area contributed by atoms with Crippen molar-refractivity contribution in [2.45, 2.75) is 38.8 Å².